The van der Waals surface area contributed by atoms with Gasteiger partial charge in [0.1, 0.15) is 12.4 Å². The van der Waals surface area contributed by atoms with Crippen LogP contribution >= 0.6 is 0 Å². The van der Waals surface area contributed by atoms with E-state index in [1.54, 1.807) is 4.68 Å². The lowest BCUT2D eigenvalue weighted by molar-refractivity contribution is -0.150. The Morgan fingerprint density at radius 3 is 2.83 bits per heavy atom. The van der Waals surface area contributed by atoms with Gasteiger partial charge in [0.25, 0.3) is 0 Å². The van der Waals surface area contributed by atoms with Crippen LogP contribution in [0.25, 0.3) is 0 Å². The van der Waals surface area contributed by atoms with E-state index in [4.69, 9.17) is 0 Å². The first-order valence-electron chi connectivity index (χ1n) is 10.5. The molecule has 152 valence electrons. The molecule has 1 aromatic carbocycles. The fourth-order valence-electron chi connectivity index (χ4n) is 5.44. The predicted octanol–water partition coefficient (Wildman–Crippen LogP) is 1.32. The number of carbonyl (C=O) groups is 2. The molecule has 0 saturated carbocycles. The molecule has 8 nitrogen and oxygen atoms in total. The average molecular weight is 394 g/mol. The molecule has 0 N–H and O–H groups in total. The molecule has 3 saturated heterocycles. The summed E-state index contributed by atoms with van der Waals surface area (Å²) < 4.78 is 1.58. The van der Waals surface area contributed by atoms with Gasteiger partial charge >= 0.3 is 0 Å². The number of rotatable bonds is 4. The topological polar surface area (TPSA) is 84.2 Å². The maximum Gasteiger partial charge on any atom is 0.247 e. The first kappa shape index (κ1) is 18.3. The number of hydrogen-bond acceptors (Lipinski definition) is 5. The number of benzene rings is 1. The minimum atomic E-state index is -0.449. The number of aromatic nitrogens is 4. The molecule has 2 aromatic rings. The second-order valence-electron chi connectivity index (χ2n) is 8.61. The lowest BCUT2D eigenvalue weighted by Gasteiger charge is -2.52. The number of carbonyl (C=O) groups excluding carboxylic acids is 2. The molecule has 2 bridgehead atoms. The summed E-state index contributed by atoms with van der Waals surface area (Å²) in [5, 5.41) is 11.5. The summed E-state index contributed by atoms with van der Waals surface area (Å²) in [7, 11) is 0. The molecule has 3 aliphatic rings. The van der Waals surface area contributed by atoms with Crippen LogP contribution < -0.4 is 0 Å². The van der Waals surface area contributed by atoms with Crippen LogP contribution in [0.5, 0.6) is 0 Å². The lowest BCUT2D eigenvalue weighted by atomic mass is 9.76. The van der Waals surface area contributed by atoms with E-state index in [-0.39, 0.29) is 5.91 Å². The van der Waals surface area contributed by atoms with Gasteiger partial charge in [-0.15, -0.1) is 5.10 Å². The molecule has 1 aromatic heterocycles. The number of fused-ring (bicyclic) bond motifs is 4. The smallest absolute Gasteiger partial charge is 0.247 e. The van der Waals surface area contributed by atoms with E-state index in [1.807, 2.05) is 35.2 Å². The third-order valence-corrected chi connectivity index (χ3v) is 6.73. The number of nitrogens with zero attached hydrogens (tertiary/aromatic N) is 6. The van der Waals surface area contributed by atoms with Crippen molar-refractivity contribution in [3.8, 4) is 0 Å². The van der Waals surface area contributed by atoms with E-state index >= 15 is 0 Å². The summed E-state index contributed by atoms with van der Waals surface area (Å²) in [6.07, 6.45) is 5.91. The highest BCUT2D eigenvalue weighted by Gasteiger charge is 2.45. The lowest BCUT2D eigenvalue weighted by Crippen LogP contribution is -2.61. The van der Waals surface area contributed by atoms with Crippen molar-refractivity contribution < 1.29 is 9.59 Å². The summed E-state index contributed by atoms with van der Waals surface area (Å²) >= 11 is 0. The van der Waals surface area contributed by atoms with Gasteiger partial charge in [-0.2, -0.15) is 0 Å². The van der Waals surface area contributed by atoms with E-state index in [1.165, 1.54) is 6.33 Å². The monoisotopic (exact) mass is 394 g/mol. The molecule has 29 heavy (non-hydrogen) atoms. The molecule has 3 fully saturated rings. The number of amides is 2. The zero-order valence-corrected chi connectivity index (χ0v) is 16.4. The van der Waals surface area contributed by atoms with Crippen LogP contribution in [-0.4, -0.2) is 67.5 Å². The van der Waals surface area contributed by atoms with Crippen molar-refractivity contribution in [2.45, 2.75) is 44.2 Å². The Balaban J connectivity index is 1.36. The molecule has 0 spiro atoms. The Hall–Kier alpha value is -2.77. The Kier molecular flexibility index (Phi) is 4.77. The SMILES string of the molecule is O=C([C@H](Cc1ccccc1)n1cnnn1)N1CC2CC(C1)C1CCCC(=O)N1C2. The van der Waals surface area contributed by atoms with Gasteiger partial charge in [-0.25, -0.2) is 4.68 Å². The number of piperidine rings is 3. The van der Waals surface area contributed by atoms with E-state index in [9.17, 15) is 9.59 Å². The van der Waals surface area contributed by atoms with Crippen molar-refractivity contribution in [3.05, 3.63) is 42.2 Å². The van der Waals surface area contributed by atoms with Gasteiger partial charge in [-0.05, 0) is 47.1 Å². The maximum absolute atomic E-state index is 13.6. The van der Waals surface area contributed by atoms with Gasteiger partial charge in [0.2, 0.25) is 11.8 Å². The molecule has 4 atom stereocenters. The first-order valence-corrected chi connectivity index (χ1v) is 10.5. The average Bonchev–Trinajstić information content (AvgIpc) is 3.27. The first-order chi connectivity index (χ1) is 14.2. The summed E-state index contributed by atoms with van der Waals surface area (Å²) in [6.45, 7) is 2.22. The van der Waals surface area contributed by atoms with E-state index in [0.717, 1.165) is 37.9 Å². The summed E-state index contributed by atoms with van der Waals surface area (Å²) in [5.74, 6) is 1.11. The molecular formula is C21H26N6O2. The fraction of sp³-hybridized carbons (Fsp3) is 0.571. The highest BCUT2D eigenvalue weighted by atomic mass is 16.2. The molecule has 0 aliphatic carbocycles. The summed E-state index contributed by atoms with van der Waals surface area (Å²) in [4.78, 5) is 30.1. The van der Waals surface area contributed by atoms with Crippen LogP contribution in [-0.2, 0) is 16.0 Å². The van der Waals surface area contributed by atoms with Gasteiger partial charge < -0.3 is 9.80 Å². The van der Waals surface area contributed by atoms with Crippen LogP contribution in [0.3, 0.4) is 0 Å². The largest absolute Gasteiger partial charge is 0.340 e. The summed E-state index contributed by atoms with van der Waals surface area (Å²) in [5.41, 5.74) is 1.09. The van der Waals surface area contributed by atoms with Crippen molar-refractivity contribution in [2.75, 3.05) is 19.6 Å². The highest BCUT2D eigenvalue weighted by Crippen LogP contribution is 2.38. The maximum atomic E-state index is 13.6. The van der Waals surface area contributed by atoms with Gasteiger partial charge in [-0.3, -0.25) is 9.59 Å². The normalized spacial score (nSPS) is 27.4. The standard InChI is InChI=1S/C21H26N6O2/c28-20-8-4-7-18-17-9-16(12-26(18)20)11-25(13-17)21(29)19(27-14-22-23-24-27)10-15-5-2-1-3-6-15/h1-3,5-6,14,16-19H,4,7-13H2/t16?,17?,18?,19-/m0/s1. The Bertz CT molecular complexity index is 871. The van der Waals surface area contributed by atoms with Crippen LogP contribution in [0.1, 0.15) is 37.3 Å². The molecule has 5 rings (SSSR count). The van der Waals surface area contributed by atoms with Gasteiger partial charge in [0.15, 0.2) is 0 Å². The van der Waals surface area contributed by atoms with Crippen LogP contribution in [0.4, 0.5) is 0 Å². The quantitative estimate of drug-likeness (QED) is 0.781. The number of tetrazole rings is 1. The molecule has 0 radical (unpaired) electrons. The molecule has 2 amide bonds. The van der Waals surface area contributed by atoms with Crippen molar-refractivity contribution in [1.82, 2.24) is 30.0 Å². The van der Waals surface area contributed by atoms with Crippen LogP contribution in [0.15, 0.2) is 36.7 Å². The van der Waals surface area contributed by atoms with Crippen LogP contribution in [0, 0.1) is 11.8 Å². The highest BCUT2D eigenvalue weighted by molar-refractivity contribution is 5.81. The zero-order valence-electron chi connectivity index (χ0n) is 16.4. The number of hydrogen-bond donors (Lipinski definition) is 0. The third kappa shape index (κ3) is 3.52. The minimum Gasteiger partial charge on any atom is -0.340 e. The van der Waals surface area contributed by atoms with E-state index in [0.29, 0.717) is 43.2 Å². The molecule has 3 aliphatic heterocycles. The predicted molar refractivity (Wildman–Crippen MR) is 105 cm³/mol. The van der Waals surface area contributed by atoms with Crippen molar-refractivity contribution in [2.24, 2.45) is 11.8 Å². The second kappa shape index (κ2) is 7.57. The van der Waals surface area contributed by atoms with Crippen molar-refractivity contribution >= 4 is 11.8 Å². The molecule has 4 heterocycles. The zero-order chi connectivity index (χ0) is 19.8. The Labute approximate surface area is 169 Å². The third-order valence-electron chi connectivity index (χ3n) is 6.73. The molecule has 8 heteroatoms. The Morgan fingerprint density at radius 2 is 2.03 bits per heavy atom. The molecule has 3 unspecified atom stereocenters. The fourth-order valence-corrected chi connectivity index (χ4v) is 5.44. The van der Waals surface area contributed by atoms with Gasteiger partial charge in [0.05, 0.1) is 0 Å². The number of likely N-dealkylation sites (tertiary alicyclic amines) is 1. The second-order valence-corrected chi connectivity index (χ2v) is 8.61. The van der Waals surface area contributed by atoms with E-state index < -0.39 is 6.04 Å². The van der Waals surface area contributed by atoms with Gasteiger partial charge in [0, 0.05) is 38.5 Å². The minimum absolute atomic E-state index is 0.0754. The summed E-state index contributed by atoms with van der Waals surface area (Å²) in [6, 6.07) is 9.84. The van der Waals surface area contributed by atoms with Crippen LogP contribution in [0.2, 0.25) is 0 Å². The van der Waals surface area contributed by atoms with Crippen molar-refractivity contribution in [3.63, 3.8) is 0 Å². The van der Waals surface area contributed by atoms with Gasteiger partial charge in [-0.1, -0.05) is 30.3 Å². The van der Waals surface area contributed by atoms with Crippen molar-refractivity contribution in [1.29, 1.82) is 0 Å². The molecular weight excluding hydrogens is 368 g/mol. The van der Waals surface area contributed by atoms with E-state index in [2.05, 4.69) is 20.4 Å². The Morgan fingerprint density at radius 1 is 1.17 bits per heavy atom.